The summed E-state index contributed by atoms with van der Waals surface area (Å²) in [4.78, 5) is 12.1. The molecular formula is C12H25ClN2O. The summed E-state index contributed by atoms with van der Waals surface area (Å²) in [6.07, 6.45) is 2.96. The highest BCUT2D eigenvalue weighted by Crippen LogP contribution is 2.23. The highest BCUT2D eigenvalue weighted by atomic mass is 35.5. The number of hydrogen-bond acceptors (Lipinski definition) is 2. The number of amides is 1. The van der Waals surface area contributed by atoms with Crippen molar-refractivity contribution in [3.05, 3.63) is 0 Å². The van der Waals surface area contributed by atoms with E-state index in [9.17, 15) is 4.79 Å². The van der Waals surface area contributed by atoms with Gasteiger partial charge in [0.1, 0.15) is 0 Å². The van der Waals surface area contributed by atoms with E-state index in [0.29, 0.717) is 5.92 Å². The van der Waals surface area contributed by atoms with Gasteiger partial charge in [0.25, 0.3) is 0 Å². The molecule has 0 aliphatic carbocycles. The molecular weight excluding hydrogens is 224 g/mol. The molecule has 0 aromatic carbocycles. The number of halogens is 1. The first-order chi connectivity index (χ1) is 7.02. The fraction of sp³-hybridized carbons (Fsp3) is 0.917. The highest BCUT2D eigenvalue weighted by molar-refractivity contribution is 5.86. The molecule has 1 amide bonds. The van der Waals surface area contributed by atoms with Crippen molar-refractivity contribution in [3.8, 4) is 0 Å². The van der Waals surface area contributed by atoms with E-state index in [0.717, 1.165) is 25.8 Å². The molecule has 3 nitrogen and oxygen atoms in total. The highest BCUT2D eigenvalue weighted by Gasteiger charge is 2.39. The van der Waals surface area contributed by atoms with E-state index in [1.807, 2.05) is 0 Å². The lowest BCUT2D eigenvalue weighted by Gasteiger charge is -2.29. The van der Waals surface area contributed by atoms with E-state index in [2.05, 4.69) is 38.3 Å². The second-order valence-electron chi connectivity index (χ2n) is 4.97. The molecule has 0 spiro atoms. The number of carbonyl (C=O) groups is 1. The maximum Gasteiger partial charge on any atom is 0.240 e. The van der Waals surface area contributed by atoms with E-state index < -0.39 is 0 Å². The van der Waals surface area contributed by atoms with Gasteiger partial charge in [-0.1, -0.05) is 20.8 Å². The molecule has 0 bridgehead atoms. The second kappa shape index (κ2) is 6.45. The first kappa shape index (κ1) is 15.7. The van der Waals surface area contributed by atoms with Crippen LogP contribution in [0.4, 0.5) is 0 Å². The van der Waals surface area contributed by atoms with Crippen molar-refractivity contribution in [1.29, 1.82) is 0 Å². The largest absolute Gasteiger partial charge is 0.352 e. The maximum absolute atomic E-state index is 12.1. The van der Waals surface area contributed by atoms with Crippen molar-refractivity contribution in [2.45, 2.75) is 58.5 Å². The standard InChI is InChI=1S/C12H24N2O.ClH/c1-5-12(7-6-8-13-12)11(15)14-10(4)9(2)3;/h9-10,13H,5-8H2,1-4H3,(H,14,15);1H. The lowest BCUT2D eigenvalue weighted by molar-refractivity contribution is -0.128. The molecule has 16 heavy (non-hydrogen) atoms. The van der Waals surface area contributed by atoms with Gasteiger partial charge in [0.15, 0.2) is 0 Å². The Balaban J connectivity index is 0.00000225. The quantitative estimate of drug-likeness (QED) is 0.800. The van der Waals surface area contributed by atoms with Crippen LogP contribution in [0.25, 0.3) is 0 Å². The van der Waals surface area contributed by atoms with Crippen LogP contribution in [0.3, 0.4) is 0 Å². The average Bonchev–Trinajstić information content (AvgIpc) is 2.66. The third-order valence-electron chi connectivity index (χ3n) is 3.64. The van der Waals surface area contributed by atoms with Gasteiger partial charge in [-0.15, -0.1) is 12.4 Å². The van der Waals surface area contributed by atoms with Gasteiger partial charge in [0.2, 0.25) is 5.91 Å². The van der Waals surface area contributed by atoms with Gasteiger partial charge < -0.3 is 10.6 Å². The molecule has 1 saturated heterocycles. The smallest absolute Gasteiger partial charge is 0.240 e. The zero-order valence-corrected chi connectivity index (χ0v) is 11.6. The number of nitrogens with one attached hydrogen (secondary N) is 2. The van der Waals surface area contributed by atoms with Crippen LogP contribution in [-0.4, -0.2) is 24.0 Å². The van der Waals surface area contributed by atoms with Crippen LogP contribution in [0.1, 0.15) is 47.0 Å². The average molecular weight is 249 g/mol. The summed E-state index contributed by atoms with van der Waals surface area (Å²) in [5, 5.41) is 6.46. The predicted molar refractivity (Wildman–Crippen MR) is 69.9 cm³/mol. The van der Waals surface area contributed by atoms with Gasteiger partial charge in [-0.25, -0.2) is 0 Å². The maximum atomic E-state index is 12.1. The summed E-state index contributed by atoms with van der Waals surface area (Å²) in [7, 11) is 0. The molecule has 4 heteroatoms. The minimum Gasteiger partial charge on any atom is -0.352 e. The van der Waals surface area contributed by atoms with Gasteiger partial charge in [0.05, 0.1) is 5.54 Å². The van der Waals surface area contributed by atoms with Crippen molar-refractivity contribution in [2.24, 2.45) is 5.92 Å². The van der Waals surface area contributed by atoms with Crippen LogP contribution < -0.4 is 10.6 Å². The van der Waals surface area contributed by atoms with E-state index >= 15 is 0 Å². The Hall–Kier alpha value is -0.280. The summed E-state index contributed by atoms with van der Waals surface area (Å²) < 4.78 is 0. The molecule has 0 radical (unpaired) electrons. The minimum atomic E-state index is -0.289. The number of carbonyl (C=O) groups excluding carboxylic acids is 1. The molecule has 1 heterocycles. The van der Waals surface area contributed by atoms with Crippen LogP contribution in [0.2, 0.25) is 0 Å². The SMILES string of the molecule is CCC1(C(=O)NC(C)C(C)C)CCCN1.Cl. The van der Waals surface area contributed by atoms with Gasteiger partial charge in [-0.05, 0) is 38.6 Å². The van der Waals surface area contributed by atoms with Gasteiger partial charge in [-0.2, -0.15) is 0 Å². The van der Waals surface area contributed by atoms with Gasteiger partial charge in [-0.3, -0.25) is 4.79 Å². The Morgan fingerprint density at radius 3 is 2.44 bits per heavy atom. The molecule has 1 aliphatic rings. The van der Waals surface area contributed by atoms with Crippen molar-refractivity contribution in [3.63, 3.8) is 0 Å². The summed E-state index contributed by atoms with van der Waals surface area (Å²) in [5.41, 5.74) is -0.289. The molecule has 2 unspecified atom stereocenters. The van der Waals surface area contributed by atoms with E-state index in [1.165, 1.54) is 0 Å². The summed E-state index contributed by atoms with van der Waals surface area (Å²) in [5.74, 6) is 0.674. The zero-order chi connectivity index (χ0) is 11.5. The third kappa shape index (κ3) is 3.36. The van der Waals surface area contributed by atoms with E-state index in [4.69, 9.17) is 0 Å². The van der Waals surface area contributed by atoms with Crippen molar-refractivity contribution in [1.82, 2.24) is 10.6 Å². The number of hydrogen-bond donors (Lipinski definition) is 2. The Labute approximate surface area is 105 Å². The minimum absolute atomic E-state index is 0. The fourth-order valence-electron chi connectivity index (χ4n) is 1.97. The first-order valence-corrected chi connectivity index (χ1v) is 6.08. The summed E-state index contributed by atoms with van der Waals surface area (Å²) in [6, 6.07) is 0.253. The fourth-order valence-corrected chi connectivity index (χ4v) is 1.97. The lowest BCUT2D eigenvalue weighted by atomic mass is 9.92. The van der Waals surface area contributed by atoms with E-state index in [1.54, 1.807) is 0 Å². The van der Waals surface area contributed by atoms with Crippen LogP contribution in [-0.2, 0) is 4.79 Å². The first-order valence-electron chi connectivity index (χ1n) is 6.08. The third-order valence-corrected chi connectivity index (χ3v) is 3.64. The molecule has 2 N–H and O–H groups in total. The molecule has 0 saturated carbocycles. The molecule has 0 aromatic heterocycles. The Morgan fingerprint density at radius 1 is 1.44 bits per heavy atom. The normalized spacial score (nSPS) is 26.3. The predicted octanol–water partition coefficient (Wildman–Crippen LogP) is 2.10. The van der Waals surface area contributed by atoms with Crippen molar-refractivity contribution >= 4 is 18.3 Å². The van der Waals surface area contributed by atoms with E-state index in [-0.39, 0.29) is 29.9 Å². The molecule has 96 valence electrons. The number of rotatable bonds is 4. The Morgan fingerprint density at radius 2 is 2.06 bits per heavy atom. The van der Waals surface area contributed by atoms with Crippen LogP contribution in [0, 0.1) is 5.92 Å². The Kier molecular flexibility index (Phi) is 6.34. The molecule has 1 fully saturated rings. The Bertz CT molecular complexity index is 225. The van der Waals surface area contributed by atoms with Crippen LogP contribution >= 0.6 is 12.4 Å². The van der Waals surface area contributed by atoms with Gasteiger partial charge in [0, 0.05) is 6.04 Å². The van der Waals surface area contributed by atoms with Crippen LogP contribution in [0.5, 0.6) is 0 Å². The monoisotopic (exact) mass is 248 g/mol. The molecule has 2 atom stereocenters. The molecule has 1 aliphatic heterocycles. The molecule has 0 aromatic rings. The van der Waals surface area contributed by atoms with Crippen molar-refractivity contribution < 1.29 is 4.79 Å². The topological polar surface area (TPSA) is 41.1 Å². The summed E-state index contributed by atoms with van der Waals surface area (Å²) >= 11 is 0. The second-order valence-corrected chi connectivity index (χ2v) is 4.97. The van der Waals surface area contributed by atoms with Gasteiger partial charge >= 0.3 is 0 Å². The lowest BCUT2D eigenvalue weighted by Crippen LogP contribution is -2.55. The summed E-state index contributed by atoms with van der Waals surface area (Å²) in [6.45, 7) is 9.38. The van der Waals surface area contributed by atoms with Crippen molar-refractivity contribution in [2.75, 3.05) is 6.54 Å². The molecule has 1 rings (SSSR count). The zero-order valence-electron chi connectivity index (χ0n) is 10.8. The van der Waals surface area contributed by atoms with Crippen LogP contribution in [0.15, 0.2) is 0 Å².